The molecule has 0 bridgehead atoms. The first-order valence-electron chi connectivity index (χ1n) is 6.53. The van der Waals surface area contributed by atoms with Gasteiger partial charge in [-0.1, -0.05) is 15.9 Å². The number of ether oxygens (including phenoxy) is 1. The van der Waals surface area contributed by atoms with Crippen LogP contribution < -0.4 is 10.6 Å². The second kappa shape index (κ2) is 9.49. The maximum atomic E-state index is 11.9. The lowest BCUT2D eigenvalue weighted by Gasteiger charge is -2.14. The van der Waals surface area contributed by atoms with Gasteiger partial charge in [0.15, 0.2) is 0 Å². The number of halogens is 1. The van der Waals surface area contributed by atoms with Gasteiger partial charge < -0.3 is 20.5 Å². The maximum Gasteiger partial charge on any atom is 0.321 e. The van der Waals surface area contributed by atoms with Crippen LogP contribution in [0.1, 0.15) is 12.8 Å². The lowest BCUT2D eigenvalue weighted by atomic mass is 10.2. The summed E-state index contributed by atoms with van der Waals surface area (Å²) in [5.41, 5.74) is 0.631. The van der Waals surface area contributed by atoms with E-state index in [1.807, 2.05) is 0 Å². The fourth-order valence-electron chi connectivity index (χ4n) is 1.67. The summed E-state index contributed by atoms with van der Waals surface area (Å²) in [6.07, 6.45) is 0.562. The minimum atomic E-state index is -1.04. The van der Waals surface area contributed by atoms with Crippen LogP contribution in [0.3, 0.4) is 0 Å². The smallest absolute Gasteiger partial charge is 0.321 e. The van der Waals surface area contributed by atoms with Crippen LogP contribution in [-0.2, 0) is 14.3 Å². The highest BCUT2D eigenvalue weighted by Crippen LogP contribution is 2.14. The highest BCUT2D eigenvalue weighted by Gasteiger charge is 2.20. The molecule has 0 saturated heterocycles. The zero-order chi connectivity index (χ0) is 15.7. The Labute approximate surface area is 132 Å². The maximum absolute atomic E-state index is 11.9. The molecule has 0 aliphatic rings. The number of carboxylic acid groups (broad SMARTS) is 1. The molecule has 21 heavy (non-hydrogen) atoms. The molecule has 6 nitrogen and oxygen atoms in total. The van der Waals surface area contributed by atoms with Crippen molar-refractivity contribution >= 4 is 33.5 Å². The van der Waals surface area contributed by atoms with Crippen molar-refractivity contribution in [3.63, 3.8) is 0 Å². The molecule has 1 unspecified atom stereocenters. The van der Waals surface area contributed by atoms with Crippen LogP contribution in [0.2, 0.25) is 0 Å². The number of amides is 1. The molecular formula is C14H19BrN2O4. The van der Waals surface area contributed by atoms with Crippen LogP contribution in [0, 0.1) is 0 Å². The molecule has 1 aromatic carbocycles. The second-order valence-corrected chi connectivity index (χ2v) is 5.37. The number of rotatable bonds is 9. The lowest BCUT2D eigenvalue weighted by molar-refractivity contribution is -0.141. The highest BCUT2D eigenvalue weighted by atomic mass is 79.9. The number of anilines is 1. The normalized spacial score (nSPS) is 11.9. The van der Waals surface area contributed by atoms with Crippen LogP contribution in [0.25, 0.3) is 0 Å². The monoisotopic (exact) mass is 358 g/mol. The number of hydrogen-bond acceptors (Lipinski definition) is 4. The second-order valence-electron chi connectivity index (χ2n) is 4.45. The molecule has 1 aromatic rings. The first kappa shape index (κ1) is 17.6. The first-order valence-corrected chi connectivity index (χ1v) is 7.32. The number of carbonyl (C=O) groups excluding carboxylic acids is 1. The molecule has 1 rings (SSSR count). The van der Waals surface area contributed by atoms with Gasteiger partial charge in [-0.25, -0.2) is 0 Å². The number of benzene rings is 1. The molecule has 3 N–H and O–H groups in total. The molecule has 0 heterocycles. The van der Waals surface area contributed by atoms with Gasteiger partial charge in [-0.15, -0.1) is 0 Å². The summed E-state index contributed by atoms with van der Waals surface area (Å²) in [6.45, 7) is 1.03. The number of carbonyl (C=O) groups is 2. The Morgan fingerprint density at radius 3 is 2.57 bits per heavy atom. The lowest BCUT2D eigenvalue weighted by Crippen LogP contribution is -2.40. The van der Waals surface area contributed by atoms with Crippen LogP contribution in [0.15, 0.2) is 28.7 Å². The largest absolute Gasteiger partial charge is 0.480 e. The first-order chi connectivity index (χ1) is 10.0. The minimum absolute atomic E-state index is 0.127. The van der Waals surface area contributed by atoms with Crippen molar-refractivity contribution in [3.05, 3.63) is 28.7 Å². The van der Waals surface area contributed by atoms with Crippen LogP contribution in [-0.4, -0.2) is 43.3 Å². The Balaban J connectivity index is 2.44. The third-order valence-electron chi connectivity index (χ3n) is 2.73. The molecule has 0 aliphatic heterocycles. The Kier molecular flexibility index (Phi) is 7.96. The predicted molar refractivity (Wildman–Crippen MR) is 83.3 cm³/mol. The van der Waals surface area contributed by atoms with E-state index >= 15 is 0 Å². The number of carboxylic acids is 1. The Bertz CT molecular complexity index is 465. The average molecular weight is 359 g/mol. The van der Waals surface area contributed by atoms with Crippen molar-refractivity contribution in [2.75, 3.05) is 25.6 Å². The summed E-state index contributed by atoms with van der Waals surface area (Å²) in [6, 6.07) is 6.17. The third kappa shape index (κ3) is 7.22. The van der Waals surface area contributed by atoms with Gasteiger partial charge >= 0.3 is 5.97 Å². The topological polar surface area (TPSA) is 87.7 Å². The SMILES string of the molecule is COCCCNC(CC(=O)Nc1ccc(Br)cc1)C(=O)O. The number of nitrogens with one attached hydrogen (secondary N) is 2. The highest BCUT2D eigenvalue weighted by molar-refractivity contribution is 9.10. The molecule has 0 fully saturated rings. The molecule has 0 spiro atoms. The van der Waals surface area contributed by atoms with E-state index in [4.69, 9.17) is 9.84 Å². The van der Waals surface area contributed by atoms with Crippen molar-refractivity contribution in [2.24, 2.45) is 0 Å². The van der Waals surface area contributed by atoms with Gasteiger partial charge in [0.05, 0.1) is 6.42 Å². The van der Waals surface area contributed by atoms with E-state index in [1.54, 1.807) is 31.4 Å². The molecule has 0 radical (unpaired) electrons. The van der Waals surface area contributed by atoms with Gasteiger partial charge in [0.25, 0.3) is 0 Å². The van der Waals surface area contributed by atoms with Crippen LogP contribution in [0.4, 0.5) is 5.69 Å². The van der Waals surface area contributed by atoms with E-state index in [2.05, 4.69) is 26.6 Å². The molecule has 0 aliphatic carbocycles. The zero-order valence-corrected chi connectivity index (χ0v) is 13.4. The molecule has 0 saturated carbocycles. The van der Waals surface area contributed by atoms with Gasteiger partial charge in [0, 0.05) is 23.9 Å². The fourth-order valence-corrected chi connectivity index (χ4v) is 1.93. The van der Waals surface area contributed by atoms with Crippen molar-refractivity contribution in [2.45, 2.75) is 18.9 Å². The average Bonchev–Trinajstić information content (AvgIpc) is 2.44. The van der Waals surface area contributed by atoms with E-state index in [0.29, 0.717) is 25.3 Å². The zero-order valence-electron chi connectivity index (χ0n) is 11.8. The van der Waals surface area contributed by atoms with E-state index < -0.39 is 12.0 Å². The van der Waals surface area contributed by atoms with Crippen molar-refractivity contribution in [3.8, 4) is 0 Å². The van der Waals surface area contributed by atoms with E-state index in [0.717, 1.165) is 4.47 Å². The standard InChI is InChI=1S/C14H19BrN2O4/c1-21-8-2-7-16-12(14(19)20)9-13(18)17-11-5-3-10(15)4-6-11/h3-6,12,16H,2,7-9H2,1H3,(H,17,18)(H,19,20). The van der Waals surface area contributed by atoms with Crippen molar-refractivity contribution < 1.29 is 19.4 Å². The summed E-state index contributed by atoms with van der Waals surface area (Å²) in [5.74, 6) is -1.39. The quantitative estimate of drug-likeness (QED) is 0.586. The molecule has 1 amide bonds. The Hall–Kier alpha value is -1.44. The van der Waals surface area contributed by atoms with Crippen LogP contribution >= 0.6 is 15.9 Å². The summed E-state index contributed by atoms with van der Waals surface area (Å²) >= 11 is 3.30. The summed E-state index contributed by atoms with van der Waals surface area (Å²) in [7, 11) is 1.58. The predicted octanol–water partition coefficient (Wildman–Crippen LogP) is 1.86. The van der Waals surface area contributed by atoms with Gasteiger partial charge in [-0.05, 0) is 37.2 Å². The van der Waals surface area contributed by atoms with Crippen molar-refractivity contribution in [1.29, 1.82) is 0 Å². The summed E-state index contributed by atoms with van der Waals surface area (Å²) < 4.78 is 5.79. The van der Waals surface area contributed by atoms with Gasteiger partial charge in [-0.2, -0.15) is 0 Å². The summed E-state index contributed by atoms with van der Waals surface area (Å²) in [4.78, 5) is 23.0. The minimum Gasteiger partial charge on any atom is -0.480 e. The molecule has 1 atom stereocenters. The van der Waals surface area contributed by atoms with Crippen molar-refractivity contribution in [1.82, 2.24) is 5.32 Å². The van der Waals surface area contributed by atoms with E-state index in [-0.39, 0.29) is 12.3 Å². The molecular weight excluding hydrogens is 340 g/mol. The number of methoxy groups -OCH3 is 1. The Morgan fingerprint density at radius 1 is 1.33 bits per heavy atom. The van der Waals surface area contributed by atoms with E-state index in [1.165, 1.54) is 0 Å². The Morgan fingerprint density at radius 2 is 2.00 bits per heavy atom. The van der Waals surface area contributed by atoms with Gasteiger partial charge in [0.1, 0.15) is 6.04 Å². The number of hydrogen-bond donors (Lipinski definition) is 3. The van der Waals surface area contributed by atoms with Gasteiger partial charge in [0.2, 0.25) is 5.91 Å². The summed E-state index contributed by atoms with van der Waals surface area (Å²) in [5, 5.41) is 14.6. The molecule has 7 heteroatoms. The molecule has 116 valence electrons. The third-order valence-corrected chi connectivity index (χ3v) is 3.26. The fraction of sp³-hybridized carbons (Fsp3) is 0.429. The van der Waals surface area contributed by atoms with E-state index in [9.17, 15) is 9.59 Å². The molecule has 0 aromatic heterocycles. The van der Waals surface area contributed by atoms with Gasteiger partial charge in [-0.3, -0.25) is 9.59 Å². The number of aliphatic carboxylic acids is 1. The van der Waals surface area contributed by atoms with Crippen LogP contribution in [0.5, 0.6) is 0 Å².